The average Bonchev–Trinajstić information content (AvgIpc) is 2.31. The van der Waals surface area contributed by atoms with Gasteiger partial charge in [0.1, 0.15) is 5.82 Å². The molecule has 1 aromatic carbocycles. The highest BCUT2D eigenvalue weighted by Crippen LogP contribution is 2.25. The number of nitrogens with zero attached hydrogens (tertiary/aromatic N) is 1. The minimum Gasteiger partial charge on any atom is -0.397 e. The van der Waals surface area contributed by atoms with Crippen molar-refractivity contribution >= 4 is 17.3 Å². The lowest BCUT2D eigenvalue weighted by Crippen LogP contribution is -2.37. The number of benzene rings is 1. The van der Waals surface area contributed by atoms with Crippen LogP contribution in [-0.2, 0) is 4.79 Å². The molecule has 5 heteroatoms. The van der Waals surface area contributed by atoms with Crippen LogP contribution >= 0.6 is 0 Å². The van der Waals surface area contributed by atoms with E-state index in [4.69, 9.17) is 5.73 Å². The van der Waals surface area contributed by atoms with Gasteiger partial charge in [0.05, 0.1) is 17.9 Å². The lowest BCUT2D eigenvalue weighted by molar-refractivity contribution is -0.119. The molecular formula is C14H22FN3O. The Morgan fingerprint density at radius 2 is 2.11 bits per heavy atom. The quantitative estimate of drug-likeness (QED) is 0.801. The lowest BCUT2D eigenvalue weighted by atomic mass is 10.1. The molecule has 0 aliphatic carbocycles. The molecule has 4 nitrogen and oxygen atoms in total. The first kappa shape index (κ1) is 15.3. The molecule has 0 aromatic heterocycles. The summed E-state index contributed by atoms with van der Waals surface area (Å²) < 4.78 is 13.3. The third kappa shape index (κ3) is 4.43. The second-order valence-electron chi connectivity index (χ2n) is 5.21. The van der Waals surface area contributed by atoms with Crippen molar-refractivity contribution in [3.8, 4) is 0 Å². The molecule has 1 aromatic rings. The number of nitrogen functional groups attached to an aromatic ring is 1. The molecule has 3 N–H and O–H groups in total. The number of nitrogens with one attached hydrogen (secondary N) is 1. The number of aryl methyl sites for hydroxylation is 1. The third-order valence-corrected chi connectivity index (χ3v) is 2.81. The number of halogens is 1. The number of likely N-dealkylation sites (N-methyl/N-ethyl adjacent to an activating group) is 1. The summed E-state index contributed by atoms with van der Waals surface area (Å²) in [6.45, 7) is 6.58. The fourth-order valence-electron chi connectivity index (χ4n) is 1.69. The highest BCUT2D eigenvalue weighted by atomic mass is 19.1. The molecule has 0 fully saturated rings. The smallest absolute Gasteiger partial charge is 0.239 e. The topological polar surface area (TPSA) is 58.4 Å². The van der Waals surface area contributed by atoms with Crippen LogP contribution < -0.4 is 16.0 Å². The normalized spacial score (nSPS) is 10.6. The van der Waals surface area contributed by atoms with Crippen molar-refractivity contribution in [2.45, 2.75) is 20.8 Å². The van der Waals surface area contributed by atoms with E-state index in [0.717, 1.165) is 0 Å². The maximum atomic E-state index is 13.3. The van der Waals surface area contributed by atoms with Crippen LogP contribution in [0.25, 0.3) is 0 Å². The minimum absolute atomic E-state index is 0.0717. The summed E-state index contributed by atoms with van der Waals surface area (Å²) in [4.78, 5) is 13.4. The van der Waals surface area contributed by atoms with Gasteiger partial charge < -0.3 is 16.0 Å². The van der Waals surface area contributed by atoms with Gasteiger partial charge in [-0.15, -0.1) is 0 Å². The minimum atomic E-state index is -0.334. The Labute approximate surface area is 113 Å². The maximum Gasteiger partial charge on any atom is 0.239 e. The zero-order valence-corrected chi connectivity index (χ0v) is 12.0. The molecule has 0 saturated carbocycles. The first-order valence-corrected chi connectivity index (χ1v) is 6.34. The van der Waals surface area contributed by atoms with Gasteiger partial charge >= 0.3 is 0 Å². The molecule has 0 bridgehead atoms. The van der Waals surface area contributed by atoms with E-state index in [1.165, 1.54) is 6.07 Å². The molecule has 0 aliphatic heterocycles. The predicted molar refractivity (Wildman–Crippen MR) is 76.7 cm³/mol. The van der Waals surface area contributed by atoms with Crippen molar-refractivity contribution in [3.05, 3.63) is 23.5 Å². The van der Waals surface area contributed by atoms with Crippen LogP contribution in [-0.4, -0.2) is 26.0 Å². The summed E-state index contributed by atoms with van der Waals surface area (Å²) in [5.41, 5.74) is 7.29. The van der Waals surface area contributed by atoms with Crippen molar-refractivity contribution in [1.82, 2.24) is 5.32 Å². The summed E-state index contributed by atoms with van der Waals surface area (Å²) in [6, 6.07) is 2.94. The fourth-order valence-corrected chi connectivity index (χ4v) is 1.69. The lowest BCUT2D eigenvalue weighted by Gasteiger charge is -2.21. The molecule has 106 valence electrons. The number of carbonyl (C=O) groups excluding carboxylic acids is 1. The number of rotatable bonds is 5. The summed E-state index contributed by atoms with van der Waals surface area (Å²) in [7, 11) is 1.76. The van der Waals surface area contributed by atoms with E-state index in [1.807, 2.05) is 13.8 Å². The summed E-state index contributed by atoms with van der Waals surface area (Å²) in [5, 5.41) is 2.83. The fraction of sp³-hybridized carbons (Fsp3) is 0.500. The molecule has 0 heterocycles. The largest absolute Gasteiger partial charge is 0.397 e. The Morgan fingerprint density at radius 1 is 1.47 bits per heavy atom. The van der Waals surface area contributed by atoms with Gasteiger partial charge in [-0.3, -0.25) is 4.79 Å². The van der Waals surface area contributed by atoms with Crippen LogP contribution in [0, 0.1) is 18.7 Å². The predicted octanol–water partition coefficient (Wildman–Crippen LogP) is 1.92. The van der Waals surface area contributed by atoms with E-state index in [0.29, 0.717) is 29.4 Å². The van der Waals surface area contributed by atoms with E-state index < -0.39 is 0 Å². The Bertz CT molecular complexity index is 460. The van der Waals surface area contributed by atoms with Crippen LogP contribution in [0.15, 0.2) is 12.1 Å². The molecule has 0 spiro atoms. The standard InChI is InChI=1S/C14H22FN3O/c1-9(2)7-17-14(19)8-18(4)13-5-10(3)11(15)6-12(13)16/h5-6,9H,7-8,16H2,1-4H3,(H,17,19). The molecule has 0 unspecified atom stereocenters. The second kappa shape index (κ2) is 6.41. The molecular weight excluding hydrogens is 245 g/mol. The Hall–Kier alpha value is -1.78. The number of hydrogen-bond donors (Lipinski definition) is 2. The first-order chi connectivity index (χ1) is 8.81. The van der Waals surface area contributed by atoms with Crippen molar-refractivity contribution in [3.63, 3.8) is 0 Å². The van der Waals surface area contributed by atoms with E-state index >= 15 is 0 Å². The molecule has 0 saturated heterocycles. The average molecular weight is 267 g/mol. The van der Waals surface area contributed by atoms with Crippen LogP contribution in [0.1, 0.15) is 19.4 Å². The van der Waals surface area contributed by atoms with Crippen LogP contribution in [0.2, 0.25) is 0 Å². The third-order valence-electron chi connectivity index (χ3n) is 2.81. The van der Waals surface area contributed by atoms with Crippen molar-refractivity contribution < 1.29 is 9.18 Å². The van der Waals surface area contributed by atoms with E-state index in [2.05, 4.69) is 5.32 Å². The van der Waals surface area contributed by atoms with Crippen molar-refractivity contribution in [2.75, 3.05) is 30.8 Å². The van der Waals surface area contributed by atoms with Gasteiger partial charge in [0.15, 0.2) is 0 Å². The number of nitrogens with two attached hydrogens (primary N) is 1. The number of anilines is 2. The van der Waals surface area contributed by atoms with Gasteiger partial charge in [0, 0.05) is 13.6 Å². The number of carbonyl (C=O) groups is 1. The monoisotopic (exact) mass is 267 g/mol. The van der Waals surface area contributed by atoms with Gasteiger partial charge in [-0.25, -0.2) is 4.39 Å². The maximum absolute atomic E-state index is 13.3. The number of amides is 1. The SMILES string of the molecule is Cc1cc(N(C)CC(=O)NCC(C)C)c(N)cc1F. The molecule has 0 atom stereocenters. The molecule has 0 radical (unpaired) electrons. The van der Waals surface area contributed by atoms with E-state index in [-0.39, 0.29) is 18.3 Å². The first-order valence-electron chi connectivity index (χ1n) is 6.34. The second-order valence-corrected chi connectivity index (χ2v) is 5.21. The van der Waals surface area contributed by atoms with E-state index in [1.54, 1.807) is 24.9 Å². The zero-order chi connectivity index (χ0) is 14.6. The zero-order valence-electron chi connectivity index (χ0n) is 12.0. The van der Waals surface area contributed by atoms with Crippen LogP contribution in [0.3, 0.4) is 0 Å². The molecule has 0 aliphatic rings. The van der Waals surface area contributed by atoms with Gasteiger partial charge in [0.2, 0.25) is 5.91 Å². The summed E-state index contributed by atoms with van der Waals surface area (Å²) in [5.74, 6) is 0.00359. The van der Waals surface area contributed by atoms with Crippen molar-refractivity contribution in [2.24, 2.45) is 5.92 Å². The number of hydrogen-bond acceptors (Lipinski definition) is 3. The van der Waals surface area contributed by atoms with Crippen molar-refractivity contribution in [1.29, 1.82) is 0 Å². The van der Waals surface area contributed by atoms with Crippen LogP contribution in [0.5, 0.6) is 0 Å². The van der Waals surface area contributed by atoms with Gasteiger partial charge in [0.25, 0.3) is 0 Å². The highest BCUT2D eigenvalue weighted by Gasteiger charge is 2.12. The highest BCUT2D eigenvalue weighted by molar-refractivity contribution is 5.83. The molecule has 1 amide bonds. The van der Waals surface area contributed by atoms with Gasteiger partial charge in [-0.05, 0) is 30.5 Å². The molecule has 19 heavy (non-hydrogen) atoms. The summed E-state index contributed by atoms with van der Waals surface area (Å²) in [6.07, 6.45) is 0. The van der Waals surface area contributed by atoms with Gasteiger partial charge in [-0.2, -0.15) is 0 Å². The van der Waals surface area contributed by atoms with Crippen LogP contribution in [0.4, 0.5) is 15.8 Å². The Morgan fingerprint density at radius 3 is 2.68 bits per heavy atom. The van der Waals surface area contributed by atoms with Gasteiger partial charge in [-0.1, -0.05) is 13.8 Å². The summed E-state index contributed by atoms with van der Waals surface area (Å²) >= 11 is 0. The van der Waals surface area contributed by atoms with E-state index in [9.17, 15) is 9.18 Å². The Balaban J connectivity index is 2.70. The Kier molecular flexibility index (Phi) is 5.15. The molecule has 1 rings (SSSR count).